The van der Waals surface area contributed by atoms with Crippen LogP contribution in [-0.4, -0.2) is 33.3 Å². The SMILES string of the molecule is CC(=Cn1c2c(c3cc(C)ccc31)CN(C)CC2)c1cn[nH]c1. The lowest BCUT2D eigenvalue weighted by atomic mass is 10.0. The first-order valence-corrected chi connectivity index (χ1v) is 8.12. The van der Waals surface area contributed by atoms with Crippen LogP contribution in [0.4, 0.5) is 0 Å². The molecule has 0 amide bonds. The van der Waals surface area contributed by atoms with E-state index in [-0.39, 0.29) is 0 Å². The van der Waals surface area contributed by atoms with Crippen molar-refractivity contribution in [1.82, 2.24) is 19.7 Å². The minimum atomic E-state index is 1.03. The Balaban J connectivity index is 1.94. The number of likely N-dealkylation sites (N-methyl/N-ethyl adjacent to an activating group) is 1. The first kappa shape index (κ1) is 14.3. The zero-order valence-electron chi connectivity index (χ0n) is 13.9. The number of hydrogen-bond acceptors (Lipinski definition) is 2. The smallest absolute Gasteiger partial charge is 0.0562 e. The molecule has 1 aliphatic rings. The van der Waals surface area contributed by atoms with E-state index in [9.17, 15) is 0 Å². The van der Waals surface area contributed by atoms with Gasteiger partial charge in [0.1, 0.15) is 0 Å². The summed E-state index contributed by atoms with van der Waals surface area (Å²) in [6.07, 6.45) is 7.17. The van der Waals surface area contributed by atoms with Gasteiger partial charge in [0.2, 0.25) is 0 Å². The van der Waals surface area contributed by atoms with Gasteiger partial charge >= 0.3 is 0 Å². The Morgan fingerprint density at radius 3 is 3.00 bits per heavy atom. The van der Waals surface area contributed by atoms with Crippen molar-refractivity contribution < 1.29 is 0 Å². The third-order valence-corrected chi connectivity index (χ3v) is 4.81. The van der Waals surface area contributed by atoms with Crippen molar-refractivity contribution in [2.45, 2.75) is 26.8 Å². The number of aryl methyl sites for hydroxylation is 1. The van der Waals surface area contributed by atoms with Gasteiger partial charge in [-0.3, -0.25) is 5.10 Å². The van der Waals surface area contributed by atoms with Gasteiger partial charge in [-0.1, -0.05) is 11.6 Å². The average Bonchev–Trinajstić information content (AvgIpc) is 3.15. The summed E-state index contributed by atoms with van der Waals surface area (Å²) in [5.41, 5.74) is 7.92. The highest BCUT2D eigenvalue weighted by atomic mass is 15.1. The molecule has 0 fully saturated rings. The van der Waals surface area contributed by atoms with E-state index < -0.39 is 0 Å². The summed E-state index contributed by atoms with van der Waals surface area (Å²) >= 11 is 0. The molecule has 4 rings (SSSR count). The maximum Gasteiger partial charge on any atom is 0.0562 e. The number of nitrogens with zero attached hydrogens (tertiary/aromatic N) is 3. The van der Waals surface area contributed by atoms with Crippen LogP contribution in [0.5, 0.6) is 0 Å². The standard InChI is InChI=1S/C19H22N4/c1-13-4-5-18-16(8-13)17-12-22(3)7-6-19(17)23(18)11-14(2)15-9-20-21-10-15/h4-5,8-11H,6-7,12H2,1-3H3,(H,20,21). The number of nitrogens with one attached hydrogen (secondary N) is 1. The molecule has 0 atom stereocenters. The summed E-state index contributed by atoms with van der Waals surface area (Å²) in [5, 5.41) is 8.35. The van der Waals surface area contributed by atoms with E-state index in [0.717, 1.165) is 25.1 Å². The second-order valence-electron chi connectivity index (χ2n) is 6.60. The maximum atomic E-state index is 4.06. The molecule has 1 aromatic carbocycles. The molecule has 118 valence electrons. The molecule has 1 aliphatic heterocycles. The second kappa shape index (κ2) is 5.39. The lowest BCUT2D eigenvalue weighted by Crippen LogP contribution is -2.26. The Hall–Kier alpha value is -2.33. The molecular weight excluding hydrogens is 284 g/mol. The van der Waals surface area contributed by atoms with Crippen LogP contribution in [0.1, 0.15) is 29.3 Å². The highest BCUT2D eigenvalue weighted by molar-refractivity contribution is 5.90. The van der Waals surface area contributed by atoms with Crippen molar-refractivity contribution >= 4 is 22.7 Å². The summed E-state index contributed by atoms with van der Waals surface area (Å²) < 4.78 is 2.39. The fourth-order valence-corrected chi connectivity index (χ4v) is 3.52. The van der Waals surface area contributed by atoms with Crippen LogP contribution >= 0.6 is 0 Å². The van der Waals surface area contributed by atoms with Gasteiger partial charge < -0.3 is 9.47 Å². The van der Waals surface area contributed by atoms with E-state index in [1.807, 2.05) is 12.4 Å². The molecule has 0 unspecified atom stereocenters. The van der Waals surface area contributed by atoms with E-state index in [1.165, 1.54) is 33.3 Å². The number of fused-ring (bicyclic) bond motifs is 3. The molecule has 2 aromatic heterocycles. The monoisotopic (exact) mass is 306 g/mol. The number of hydrogen-bond donors (Lipinski definition) is 1. The van der Waals surface area contributed by atoms with Crippen LogP contribution in [0.3, 0.4) is 0 Å². The molecule has 23 heavy (non-hydrogen) atoms. The van der Waals surface area contributed by atoms with E-state index in [0.29, 0.717) is 0 Å². The van der Waals surface area contributed by atoms with Crippen LogP contribution in [0.25, 0.3) is 22.7 Å². The Bertz CT molecular complexity index is 884. The predicted octanol–water partition coefficient (Wildman–Crippen LogP) is 3.68. The number of aromatic amines is 1. The summed E-state index contributed by atoms with van der Waals surface area (Å²) in [7, 11) is 2.20. The Labute approximate surface area is 136 Å². The van der Waals surface area contributed by atoms with Crippen molar-refractivity contribution in [3.05, 3.63) is 53.0 Å². The third-order valence-electron chi connectivity index (χ3n) is 4.81. The summed E-state index contributed by atoms with van der Waals surface area (Å²) in [6, 6.07) is 6.78. The van der Waals surface area contributed by atoms with Crippen molar-refractivity contribution in [3.63, 3.8) is 0 Å². The fraction of sp³-hybridized carbons (Fsp3) is 0.316. The van der Waals surface area contributed by atoms with Crippen LogP contribution in [-0.2, 0) is 13.0 Å². The van der Waals surface area contributed by atoms with Crippen molar-refractivity contribution in [1.29, 1.82) is 0 Å². The molecule has 0 aliphatic carbocycles. The number of rotatable bonds is 2. The molecule has 0 radical (unpaired) electrons. The normalized spacial score (nSPS) is 16.0. The number of allylic oxidation sites excluding steroid dienone is 1. The Morgan fingerprint density at radius 2 is 2.22 bits per heavy atom. The van der Waals surface area contributed by atoms with Crippen LogP contribution in [0.2, 0.25) is 0 Å². The minimum Gasteiger partial charge on any atom is -0.320 e. The highest BCUT2D eigenvalue weighted by Crippen LogP contribution is 2.32. The quantitative estimate of drug-likeness (QED) is 0.784. The van der Waals surface area contributed by atoms with Gasteiger partial charge in [0.15, 0.2) is 0 Å². The average molecular weight is 306 g/mol. The topological polar surface area (TPSA) is 36.9 Å². The van der Waals surface area contributed by atoms with Gasteiger partial charge in [-0.2, -0.15) is 5.10 Å². The van der Waals surface area contributed by atoms with Crippen molar-refractivity contribution in [2.75, 3.05) is 13.6 Å². The lowest BCUT2D eigenvalue weighted by Gasteiger charge is -2.23. The second-order valence-corrected chi connectivity index (χ2v) is 6.60. The third kappa shape index (κ3) is 2.39. The van der Waals surface area contributed by atoms with Crippen molar-refractivity contribution in [2.24, 2.45) is 0 Å². The summed E-state index contributed by atoms with van der Waals surface area (Å²) in [6.45, 7) is 6.45. The molecule has 0 spiro atoms. The number of benzene rings is 1. The molecule has 0 saturated heterocycles. The van der Waals surface area contributed by atoms with E-state index in [4.69, 9.17) is 0 Å². The molecule has 0 bridgehead atoms. The van der Waals surface area contributed by atoms with Gasteiger partial charge in [-0.15, -0.1) is 0 Å². The first-order chi connectivity index (χ1) is 11.1. The van der Waals surface area contributed by atoms with Gasteiger partial charge in [-0.25, -0.2) is 0 Å². The van der Waals surface area contributed by atoms with Gasteiger partial charge in [0, 0.05) is 48.6 Å². The minimum absolute atomic E-state index is 1.03. The van der Waals surface area contributed by atoms with Gasteiger partial charge in [0.25, 0.3) is 0 Å². The van der Waals surface area contributed by atoms with Crippen molar-refractivity contribution in [3.8, 4) is 0 Å². The van der Waals surface area contributed by atoms with Crippen LogP contribution < -0.4 is 0 Å². The largest absolute Gasteiger partial charge is 0.320 e. The molecule has 3 aromatic rings. The molecular formula is C19H22N4. The molecule has 4 nitrogen and oxygen atoms in total. The maximum absolute atomic E-state index is 4.06. The summed E-state index contributed by atoms with van der Waals surface area (Å²) in [4.78, 5) is 2.40. The Kier molecular flexibility index (Phi) is 3.34. The Morgan fingerprint density at radius 1 is 1.35 bits per heavy atom. The van der Waals surface area contributed by atoms with E-state index in [1.54, 1.807) is 0 Å². The molecule has 0 saturated carbocycles. The van der Waals surface area contributed by atoms with E-state index >= 15 is 0 Å². The van der Waals surface area contributed by atoms with Gasteiger partial charge in [-0.05, 0) is 44.2 Å². The lowest BCUT2D eigenvalue weighted by molar-refractivity contribution is 0.312. The molecule has 1 N–H and O–H groups in total. The highest BCUT2D eigenvalue weighted by Gasteiger charge is 2.21. The molecule has 4 heteroatoms. The number of aromatic nitrogens is 3. The van der Waals surface area contributed by atoms with Crippen LogP contribution in [0.15, 0.2) is 30.6 Å². The van der Waals surface area contributed by atoms with Crippen LogP contribution in [0, 0.1) is 6.92 Å². The fourth-order valence-electron chi connectivity index (χ4n) is 3.52. The predicted molar refractivity (Wildman–Crippen MR) is 95.1 cm³/mol. The zero-order valence-corrected chi connectivity index (χ0v) is 13.9. The molecule has 3 heterocycles. The summed E-state index contributed by atoms with van der Waals surface area (Å²) in [5.74, 6) is 0. The number of H-pyrrole nitrogens is 1. The van der Waals surface area contributed by atoms with E-state index in [2.05, 4.69) is 65.0 Å². The first-order valence-electron chi connectivity index (χ1n) is 8.12. The zero-order chi connectivity index (χ0) is 16.0. The van der Waals surface area contributed by atoms with Gasteiger partial charge in [0.05, 0.1) is 11.7 Å².